The summed E-state index contributed by atoms with van der Waals surface area (Å²) in [6, 6.07) is 12.5. The van der Waals surface area contributed by atoms with Crippen LogP contribution in [0.4, 0.5) is 5.69 Å². The number of aromatic nitrogens is 2. The standard InChI is InChI=1S/C32H28N4O2/c1-19-13-23(38-31-25-8-6-12-36-11-5-7-21(30(25)36)16-26(19)31)17-24-15-22(14-20(2)37-24)27(18-33)32-34-28-9-3-4-10-29(28)35-32/h3-4,9-10,13-17H,5-8,11-12H2,1-2H3,(H,34,35)/b23-17+,27-22-. The van der Waals surface area contributed by atoms with Gasteiger partial charge in [-0.15, -0.1) is 0 Å². The van der Waals surface area contributed by atoms with Gasteiger partial charge in [0.25, 0.3) is 0 Å². The molecule has 0 saturated heterocycles. The lowest BCUT2D eigenvalue weighted by Crippen LogP contribution is -2.35. The molecule has 3 aromatic rings. The van der Waals surface area contributed by atoms with E-state index >= 15 is 0 Å². The SMILES string of the molecule is CC1=C/C(=C(\C#N)c2nc3ccccc3[nH]2)C=C(/C=C2\C=C(C)c3cc4c5c(c3O2)CCCN5CCC4)O1. The van der Waals surface area contributed by atoms with Gasteiger partial charge in [0.15, 0.2) is 0 Å². The summed E-state index contributed by atoms with van der Waals surface area (Å²) >= 11 is 0. The summed E-state index contributed by atoms with van der Waals surface area (Å²) in [5.41, 5.74) is 9.54. The van der Waals surface area contributed by atoms with Gasteiger partial charge in [-0.05, 0) is 87.1 Å². The van der Waals surface area contributed by atoms with Gasteiger partial charge in [-0.1, -0.05) is 12.1 Å². The monoisotopic (exact) mass is 500 g/mol. The second kappa shape index (κ2) is 8.81. The molecule has 4 aliphatic heterocycles. The molecule has 188 valence electrons. The van der Waals surface area contributed by atoms with Gasteiger partial charge >= 0.3 is 0 Å². The van der Waals surface area contributed by atoms with Crippen LogP contribution < -0.4 is 9.64 Å². The van der Waals surface area contributed by atoms with E-state index in [1.165, 1.54) is 34.4 Å². The Morgan fingerprint density at radius 2 is 1.92 bits per heavy atom. The molecule has 6 heteroatoms. The number of anilines is 1. The maximum atomic E-state index is 10.1. The molecule has 0 spiro atoms. The number of benzene rings is 2. The number of hydrogen-bond donors (Lipinski definition) is 1. The minimum Gasteiger partial charge on any atom is -0.462 e. The minimum absolute atomic E-state index is 0.470. The van der Waals surface area contributed by atoms with E-state index in [2.05, 4.69) is 40.0 Å². The van der Waals surface area contributed by atoms with Crippen LogP contribution >= 0.6 is 0 Å². The van der Waals surface area contributed by atoms with Gasteiger partial charge in [-0.3, -0.25) is 0 Å². The van der Waals surface area contributed by atoms with Crippen molar-refractivity contribution in [1.82, 2.24) is 9.97 Å². The molecule has 0 bridgehead atoms. The van der Waals surface area contributed by atoms with Gasteiger partial charge in [0.05, 0.1) is 11.0 Å². The third-order valence-electron chi connectivity index (χ3n) is 7.72. The highest BCUT2D eigenvalue weighted by Crippen LogP contribution is 2.47. The number of allylic oxidation sites excluding steroid dienone is 8. The predicted molar refractivity (Wildman–Crippen MR) is 149 cm³/mol. The van der Waals surface area contributed by atoms with Crippen molar-refractivity contribution in [1.29, 1.82) is 5.26 Å². The highest BCUT2D eigenvalue weighted by molar-refractivity contribution is 5.86. The molecule has 38 heavy (non-hydrogen) atoms. The molecule has 4 aliphatic rings. The molecule has 0 amide bonds. The van der Waals surface area contributed by atoms with Gasteiger partial charge in [0.2, 0.25) is 0 Å². The van der Waals surface area contributed by atoms with Crippen molar-refractivity contribution < 1.29 is 9.47 Å². The molecule has 6 nitrogen and oxygen atoms in total. The molecule has 0 radical (unpaired) electrons. The molecule has 1 N–H and O–H groups in total. The Kier molecular flexibility index (Phi) is 5.26. The number of nitrogens with zero attached hydrogens (tertiary/aromatic N) is 3. The Bertz CT molecular complexity index is 1670. The molecule has 0 unspecified atom stereocenters. The van der Waals surface area contributed by atoms with Crippen LogP contribution in [0.25, 0.3) is 22.2 Å². The topological polar surface area (TPSA) is 74.2 Å². The summed E-state index contributed by atoms with van der Waals surface area (Å²) in [5, 5.41) is 10.1. The quantitative estimate of drug-likeness (QED) is 0.395. The Morgan fingerprint density at radius 3 is 2.76 bits per heavy atom. The largest absolute Gasteiger partial charge is 0.462 e. The normalized spacial score (nSPS) is 20.4. The highest BCUT2D eigenvalue weighted by Gasteiger charge is 2.30. The van der Waals surface area contributed by atoms with Crippen LogP contribution in [0.3, 0.4) is 0 Å². The van der Waals surface area contributed by atoms with E-state index in [1.54, 1.807) is 0 Å². The Balaban J connectivity index is 1.28. The highest BCUT2D eigenvalue weighted by atomic mass is 16.5. The molecule has 7 rings (SSSR count). The number of aryl methyl sites for hydroxylation is 1. The molecule has 0 fully saturated rings. The number of H-pyrrole nitrogens is 1. The van der Waals surface area contributed by atoms with E-state index in [0.29, 0.717) is 22.9 Å². The van der Waals surface area contributed by atoms with Crippen molar-refractivity contribution in [3.8, 4) is 11.8 Å². The molecule has 0 saturated carbocycles. The van der Waals surface area contributed by atoms with E-state index in [0.717, 1.165) is 60.5 Å². The Hall–Kier alpha value is -4.50. The van der Waals surface area contributed by atoms with Gasteiger partial charge in [-0.25, -0.2) is 4.98 Å². The van der Waals surface area contributed by atoms with Crippen LogP contribution in [-0.4, -0.2) is 23.1 Å². The summed E-state index contributed by atoms with van der Waals surface area (Å²) in [7, 11) is 0. The summed E-state index contributed by atoms with van der Waals surface area (Å²) in [5.74, 6) is 3.60. The number of imidazole rings is 1. The van der Waals surface area contributed by atoms with Gasteiger partial charge in [0, 0.05) is 41.6 Å². The van der Waals surface area contributed by atoms with Gasteiger partial charge in [0.1, 0.15) is 40.5 Å². The average molecular weight is 501 g/mol. The van der Waals surface area contributed by atoms with E-state index in [4.69, 9.17) is 9.47 Å². The molecular weight excluding hydrogens is 472 g/mol. The van der Waals surface area contributed by atoms with Crippen LogP contribution in [0.2, 0.25) is 0 Å². The zero-order chi connectivity index (χ0) is 25.8. The lowest BCUT2D eigenvalue weighted by atomic mass is 9.86. The maximum Gasteiger partial charge on any atom is 0.149 e. The first-order valence-electron chi connectivity index (χ1n) is 13.3. The van der Waals surface area contributed by atoms with E-state index in [9.17, 15) is 5.26 Å². The van der Waals surface area contributed by atoms with Gasteiger partial charge in [-0.2, -0.15) is 5.26 Å². The first-order valence-corrected chi connectivity index (χ1v) is 13.3. The molecule has 1 aromatic heterocycles. The van der Waals surface area contributed by atoms with Crippen molar-refractivity contribution in [3.05, 3.63) is 100 Å². The van der Waals surface area contributed by atoms with Crippen LogP contribution in [0.1, 0.15) is 49.2 Å². The number of fused-ring (bicyclic) bond motifs is 3. The first-order chi connectivity index (χ1) is 18.6. The predicted octanol–water partition coefficient (Wildman–Crippen LogP) is 6.74. The molecular formula is C32H28N4O2. The fourth-order valence-corrected chi connectivity index (χ4v) is 6.09. The van der Waals surface area contributed by atoms with E-state index < -0.39 is 0 Å². The van der Waals surface area contributed by atoms with E-state index in [1.807, 2.05) is 49.4 Å². The van der Waals surface area contributed by atoms with Crippen LogP contribution in [0.5, 0.6) is 5.75 Å². The fourth-order valence-electron chi connectivity index (χ4n) is 6.09. The summed E-state index contributed by atoms with van der Waals surface area (Å²) in [6.07, 6.45) is 12.3. The second-order valence-electron chi connectivity index (χ2n) is 10.4. The number of aromatic amines is 1. The number of ether oxygens (including phenoxy) is 2. The number of para-hydroxylation sites is 2. The van der Waals surface area contributed by atoms with E-state index in [-0.39, 0.29) is 0 Å². The minimum atomic E-state index is 0.470. The van der Waals surface area contributed by atoms with Crippen molar-refractivity contribution in [3.63, 3.8) is 0 Å². The third-order valence-corrected chi connectivity index (χ3v) is 7.72. The average Bonchev–Trinajstić information content (AvgIpc) is 3.34. The van der Waals surface area contributed by atoms with Crippen LogP contribution in [0.15, 0.2) is 77.5 Å². The van der Waals surface area contributed by atoms with Crippen molar-refractivity contribution in [2.24, 2.45) is 0 Å². The summed E-state index contributed by atoms with van der Waals surface area (Å²) in [4.78, 5) is 10.5. The number of hydrogen-bond acceptors (Lipinski definition) is 5. The van der Waals surface area contributed by atoms with Crippen molar-refractivity contribution >= 4 is 27.9 Å². The smallest absolute Gasteiger partial charge is 0.149 e. The fraction of sp³-hybridized carbons (Fsp3) is 0.250. The Morgan fingerprint density at radius 1 is 1.08 bits per heavy atom. The lowest BCUT2D eigenvalue weighted by Gasteiger charge is -2.39. The molecule has 0 aliphatic carbocycles. The molecule has 2 aromatic carbocycles. The molecule has 0 atom stereocenters. The second-order valence-corrected chi connectivity index (χ2v) is 10.4. The number of nitrogens with one attached hydrogen (secondary N) is 1. The lowest BCUT2D eigenvalue weighted by molar-refractivity contribution is 0.313. The third kappa shape index (κ3) is 3.74. The van der Waals surface area contributed by atoms with Gasteiger partial charge < -0.3 is 19.4 Å². The molecule has 5 heterocycles. The number of rotatable bonds is 2. The zero-order valence-corrected chi connectivity index (χ0v) is 21.6. The van der Waals surface area contributed by atoms with Crippen LogP contribution in [0, 0.1) is 11.3 Å². The zero-order valence-electron chi connectivity index (χ0n) is 21.6. The number of nitriles is 1. The summed E-state index contributed by atoms with van der Waals surface area (Å²) in [6.45, 7) is 6.30. The van der Waals surface area contributed by atoms with Crippen molar-refractivity contribution in [2.75, 3.05) is 18.0 Å². The Labute approximate surface area is 221 Å². The first kappa shape index (κ1) is 22.7. The maximum absolute atomic E-state index is 10.1. The van der Waals surface area contributed by atoms with Crippen LogP contribution in [-0.2, 0) is 17.6 Å². The summed E-state index contributed by atoms with van der Waals surface area (Å²) < 4.78 is 12.6. The van der Waals surface area contributed by atoms with Crippen molar-refractivity contribution in [2.45, 2.75) is 39.5 Å².